The lowest BCUT2D eigenvalue weighted by Gasteiger charge is -2.14. The maximum Gasteiger partial charge on any atom is 0.416 e. The molecule has 0 aliphatic heterocycles. The van der Waals surface area contributed by atoms with Gasteiger partial charge in [0.05, 0.1) is 11.3 Å². The highest BCUT2D eigenvalue weighted by molar-refractivity contribution is 5.49. The first-order valence-electron chi connectivity index (χ1n) is 6.50. The van der Waals surface area contributed by atoms with Gasteiger partial charge in [0.2, 0.25) is 0 Å². The monoisotopic (exact) mass is 281 g/mol. The Labute approximate surface area is 114 Å². The van der Waals surface area contributed by atoms with E-state index in [4.69, 9.17) is 5.73 Å². The molecule has 1 aromatic heterocycles. The van der Waals surface area contributed by atoms with E-state index in [-0.39, 0.29) is 0 Å². The number of hydrogen-bond donors (Lipinski definition) is 1. The van der Waals surface area contributed by atoms with Crippen molar-refractivity contribution in [3.63, 3.8) is 0 Å². The van der Waals surface area contributed by atoms with E-state index in [0.717, 1.165) is 49.1 Å². The molecule has 0 atom stereocenters. The molecule has 1 heterocycles. The first kappa shape index (κ1) is 13.0. The maximum absolute atomic E-state index is 12.8. The minimum atomic E-state index is -4.35. The first-order valence-corrected chi connectivity index (χ1v) is 6.50. The lowest BCUT2D eigenvalue weighted by molar-refractivity contribution is -0.137. The smallest absolute Gasteiger partial charge is 0.382 e. The number of nitrogen functional groups attached to an aromatic ring is 1. The summed E-state index contributed by atoms with van der Waals surface area (Å²) < 4.78 is 39.9. The summed E-state index contributed by atoms with van der Waals surface area (Å²) in [7, 11) is 0. The van der Waals surface area contributed by atoms with Crippen LogP contribution in [0.15, 0.2) is 24.3 Å². The third kappa shape index (κ3) is 2.15. The summed E-state index contributed by atoms with van der Waals surface area (Å²) in [5.74, 6) is 0.428. The fraction of sp³-hybridized carbons (Fsp3) is 0.357. The summed E-state index contributed by atoms with van der Waals surface area (Å²) in [5.41, 5.74) is 7.53. The van der Waals surface area contributed by atoms with E-state index in [1.807, 2.05) is 0 Å². The van der Waals surface area contributed by atoms with E-state index in [0.29, 0.717) is 11.5 Å². The fourth-order valence-electron chi connectivity index (χ4n) is 2.66. The van der Waals surface area contributed by atoms with Crippen molar-refractivity contribution in [1.82, 2.24) is 9.78 Å². The molecule has 6 heteroatoms. The molecule has 1 aliphatic rings. The number of fused-ring (bicyclic) bond motifs is 1. The molecular formula is C14H14F3N3. The fourth-order valence-corrected chi connectivity index (χ4v) is 2.66. The molecule has 3 nitrogen and oxygen atoms in total. The Kier molecular flexibility index (Phi) is 2.96. The molecule has 106 valence electrons. The van der Waals surface area contributed by atoms with Crippen LogP contribution in [0.3, 0.4) is 0 Å². The number of anilines is 1. The molecule has 0 unspecified atom stereocenters. The predicted octanol–water partition coefficient (Wildman–Crippen LogP) is 3.35. The summed E-state index contributed by atoms with van der Waals surface area (Å²) in [5, 5.41) is 4.21. The van der Waals surface area contributed by atoms with E-state index in [9.17, 15) is 13.2 Å². The van der Waals surface area contributed by atoms with Gasteiger partial charge >= 0.3 is 6.18 Å². The second kappa shape index (κ2) is 4.54. The number of hydrogen-bond acceptors (Lipinski definition) is 2. The summed E-state index contributed by atoms with van der Waals surface area (Å²) in [6, 6.07) is 5.19. The molecule has 2 aromatic rings. The van der Waals surface area contributed by atoms with Crippen LogP contribution < -0.4 is 5.73 Å². The van der Waals surface area contributed by atoms with Crippen molar-refractivity contribution in [2.45, 2.75) is 31.9 Å². The molecule has 0 saturated heterocycles. The summed E-state index contributed by atoms with van der Waals surface area (Å²) in [6.45, 7) is 0. The number of nitrogens with zero attached hydrogens (tertiary/aromatic N) is 2. The van der Waals surface area contributed by atoms with E-state index < -0.39 is 11.7 Å². The Bertz CT molecular complexity index is 644. The van der Waals surface area contributed by atoms with Crippen LogP contribution in [0.25, 0.3) is 5.69 Å². The lowest BCUT2D eigenvalue weighted by Crippen LogP contribution is -2.10. The predicted molar refractivity (Wildman–Crippen MR) is 69.6 cm³/mol. The minimum Gasteiger partial charge on any atom is -0.382 e. The Morgan fingerprint density at radius 3 is 2.65 bits per heavy atom. The highest BCUT2D eigenvalue weighted by atomic mass is 19.4. The Balaban J connectivity index is 2.10. The molecule has 0 spiro atoms. The highest BCUT2D eigenvalue weighted by Crippen LogP contribution is 2.32. The Hall–Kier alpha value is -1.98. The molecule has 0 saturated carbocycles. The minimum absolute atomic E-state index is 0.412. The SMILES string of the molecule is Nc1nn(-c2cccc(C(F)(F)F)c2)c2c1CCCC2. The molecule has 3 rings (SSSR count). The Morgan fingerprint density at radius 2 is 1.90 bits per heavy atom. The van der Waals surface area contributed by atoms with Gasteiger partial charge in [0.15, 0.2) is 0 Å². The van der Waals surface area contributed by atoms with Gasteiger partial charge in [-0.2, -0.15) is 18.3 Å². The number of nitrogens with two attached hydrogens (primary N) is 1. The molecule has 0 radical (unpaired) electrons. The van der Waals surface area contributed by atoms with Gasteiger partial charge < -0.3 is 5.73 Å². The normalized spacial score (nSPS) is 15.2. The topological polar surface area (TPSA) is 43.8 Å². The molecule has 1 aliphatic carbocycles. The zero-order chi connectivity index (χ0) is 14.3. The van der Waals surface area contributed by atoms with Crippen molar-refractivity contribution >= 4 is 5.82 Å². The highest BCUT2D eigenvalue weighted by Gasteiger charge is 2.31. The van der Waals surface area contributed by atoms with Gasteiger partial charge in [-0.05, 0) is 43.9 Å². The number of rotatable bonds is 1. The molecule has 1 aromatic carbocycles. The van der Waals surface area contributed by atoms with Crippen LogP contribution in [0.4, 0.5) is 19.0 Å². The van der Waals surface area contributed by atoms with Crippen molar-refractivity contribution in [2.24, 2.45) is 0 Å². The molecule has 20 heavy (non-hydrogen) atoms. The van der Waals surface area contributed by atoms with E-state index in [1.165, 1.54) is 6.07 Å². The van der Waals surface area contributed by atoms with Crippen molar-refractivity contribution in [3.05, 3.63) is 41.1 Å². The van der Waals surface area contributed by atoms with Crippen molar-refractivity contribution in [3.8, 4) is 5.69 Å². The van der Waals surface area contributed by atoms with Gasteiger partial charge in [-0.25, -0.2) is 4.68 Å². The molecular weight excluding hydrogens is 267 g/mol. The second-order valence-electron chi connectivity index (χ2n) is 4.98. The largest absolute Gasteiger partial charge is 0.416 e. The van der Waals surface area contributed by atoms with E-state index in [1.54, 1.807) is 10.7 Å². The van der Waals surface area contributed by atoms with Crippen LogP contribution in [0, 0.1) is 0 Å². The molecule has 2 N–H and O–H groups in total. The first-order chi connectivity index (χ1) is 9.47. The number of benzene rings is 1. The van der Waals surface area contributed by atoms with Crippen LogP contribution >= 0.6 is 0 Å². The summed E-state index contributed by atoms with van der Waals surface area (Å²) >= 11 is 0. The Morgan fingerprint density at radius 1 is 1.15 bits per heavy atom. The third-order valence-corrected chi connectivity index (χ3v) is 3.63. The quantitative estimate of drug-likeness (QED) is 0.871. The van der Waals surface area contributed by atoms with E-state index >= 15 is 0 Å². The average Bonchev–Trinajstić information content (AvgIpc) is 2.76. The maximum atomic E-state index is 12.8. The zero-order valence-electron chi connectivity index (χ0n) is 10.7. The molecule has 0 fully saturated rings. The number of aromatic nitrogens is 2. The molecule has 0 bridgehead atoms. The van der Waals surface area contributed by atoms with Crippen molar-refractivity contribution in [2.75, 3.05) is 5.73 Å². The lowest BCUT2D eigenvalue weighted by atomic mass is 9.97. The van der Waals surface area contributed by atoms with Gasteiger partial charge in [-0.15, -0.1) is 0 Å². The van der Waals surface area contributed by atoms with E-state index in [2.05, 4.69) is 5.10 Å². The van der Waals surface area contributed by atoms with Crippen LogP contribution in [0.2, 0.25) is 0 Å². The van der Waals surface area contributed by atoms with Crippen LogP contribution in [-0.2, 0) is 19.0 Å². The second-order valence-corrected chi connectivity index (χ2v) is 4.98. The molecule has 0 amide bonds. The van der Waals surface area contributed by atoms with Gasteiger partial charge in [-0.3, -0.25) is 0 Å². The van der Waals surface area contributed by atoms with Gasteiger partial charge in [0.25, 0.3) is 0 Å². The van der Waals surface area contributed by atoms with Gasteiger partial charge in [0.1, 0.15) is 5.82 Å². The van der Waals surface area contributed by atoms with Crippen LogP contribution in [-0.4, -0.2) is 9.78 Å². The van der Waals surface area contributed by atoms with Gasteiger partial charge in [-0.1, -0.05) is 6.07 Å². The standard InChI is InChI=1S/C14H14F3N3/c15-14(16,17)9-4-3-5-10(8-9)20-12-7-2-1-6-11(12)13(18)19-20/h3-5,8H,1-2,6-7H2,(H2,18,19). The van der Waals surface area contributed by atoms with Gasteiger partial charge in [0, 0.05) is 11.3 Å². The summed E-state index contributed by atoms with van der Waals surface area (Å²) in [6.07, 6.45) is -0.646. The number of halogens is 3. The zero-order valence-corrected chi connectivity index (χ0v) is 10.7. The average molecular weight is 281 g/mol. The van der Waals surface area contributed by atoms with Crippen molar-refractivity contribution in [1.29, 1.82) is 0 Å². The summed E-state index contributed by atoms with van der Waals surface area (Å²) in [4.78, 5) is 0. The number of alkyl halides is 3. The van der Waals surface area contributed by atoms with Crippen LogP contribution in [0.5, 0.6) is 0 Å². The van der Waals surface area contributed by atoms with Crippen LogP contribution in [0.1, 0.15) is 29.7 Å². The third-order valence-electron chi connectivity index (χ3n) is 3.63. The van der Waals surface area contributed by atoms with Crippen molar-refractivity contribution < 1.29 is 13.2 Å².